The van der Waals surface area contributed by atoms with Gasteiger partial charge >= 0.3 is 0 Å². The third-order valence-electron chi connectivity index (χ3n) is 4.13. The van der Waals surface area contributed by atoms with Crippen LogP contribution in [-0.4, -0.2) is 25.7 Å². The van der Waals surface area contributed by atoms with Crippen molar-refractivity contribution < 1.29 is 4.74 Å². The van der Waals surface area contributed by atoms with Gasteiger partial charge in [0.05, 0.1) is 12.2 Å². The molecule has 1 aliphatic heterocycles. The number of fused-ring (bicyclic) bond motifs is 1. The fourth-order valence-electron chi connectivity index (χ4n) is 2.79. The van der Waals surface area contributed by atoms with Crippen molar-refractivity contribution in [2.45, 2.75) is 52.6 Å². The van der Waals surface area contributed by atoms with Crippen molar-refractivity contribution in [2.24, 2.45) is 5.41 Å². The molecular formula is C18H30N2O. The lowest BCUT2D eigenvalue weighted by Gasteiger charge is -2.30. The van der Waals surface area contributed by atoms with Crippen LogP contribution in [-0.2, 0) is 0 Å². The second-order valence-electron chi connectivity index (χ2n) is 6.87. The molecule has 1 aromatic rings. The first-order valence-corrected chi connectivity index (χ1v) is 8.31. The number of rotatable bonds is 8. The molecular weight excluding hydrogens is 260 g/mol. The highest BCUT2D eigenvalue weighted by Gasteiger charge is 2.21. The van der Waals surface area contributed by atoms with Crippen LogP contribution in [0.5, 0.6) is 5.75 Å². The zero-order valence-electron chi connectivity index (χ0n) is 13.7. The Bertz CT molecular complexity index is 431. The Morgan fingerprint density at radius 3 is 2.90 bits per heavy atom. The van der Waals surface area contributed by atoms with Crippen molar-refractivity contribution in [3.05, 3.63) is 24.3 Å². The summed E-state index contributed by atoms with van der Waals surface area (Å²) in [6.45, 7) is 9.80. The van der Waals surface area contributed by atoms with E-state index in [-0.39, 0.29) is 6.10 Å². The fraction of sp³-hybridized carbons (Fsp3) is 0.667. The van der Waals surface area contributed by atoms with E-state index in [4.69, 9.17) is 4.74 Å². The Morgan fingerprint density at radius 1 is 1.29 bits per heavy atom. The van der Waals surface area contributed by atoms with Crippen LogP contribution in [0, 0.1) is 5.41 Å². The van der Waals surface area contributed by atoms with Gasteiger partial charge in [-0.05, 0) is 24.0 Å². The number of hydrogen-bond donors (Lipinski definition) is 2. The van der Waals surface area contributed by atoms with E-state index in [9.17, 15) is 0 Å². The van der Waals surface area contributed by atoms with Gasteiger partial charge in [-0.15, -0.1) is 0 Å². The second kappa shape index (κ2) is 7.69. The van der Waals surface area contributed by atoms with E-state index in [1.54, 1.807) is 0 Å². The van der Waals surface area contributed by atoms with Gasteiger partial charge in [-0.2, -0.15) is 0 Å². The molecule has 1 heterocycles. The SMILES string of the molecule is CCCCCC(C)(C)CNCC1CNc2ccccc2O1. The van der Waals surface area contributed by atoms with Crippen molar-refractivity contribution in [2.75, 3.05) is 25.0 Å². The van der Waals surface area contributed by atoms with Gasteiger partial charge in [0.1, 0.15) is 11.9 Å². The number of benzene rings is 1. The molecule has 0 spiro atoms. The highest BCUT2D eigenvalue weighted by molar-refractivity contribution is 5.57. The van der Waals surface area contributed by atoms with Crippen LogP contribution < -0.4 is 15.4 Å². The standard InChI is InChI=1S/C18H30N2O/c1-4-5-8-11-18(2,3)14-19-12-15-13-20-16-9-6-7-10-17(16)21-15/h6-7,9-10,15,19-20H,4-5,8,11-14H2,1-3H3. The summed E-state index contributed by atoms with van der Waals surface area (Å²) in [5, 5.41) is 7.03. The Labute approximate surface area is 129 Å². The molecule has 3 nitrogen and oxygen atoms in total. The highest BCUT2D eigenvalue weighted by atomic mass is 16.5. The minimum Gasteiger partial charge on any atom is -0.485 e. The van der Waals surface area contributed by atoms with Crippen molar-refractivity contribution in [1.82, 2.24) is 5.32 Å². The topological polar surface area (TPSA) is 33.3 Å². The maximum atomic E-state index is 6.02. The molecule has 2 N–H and O–H groups in total. The van der Waals surface area contributed by atoms with Crippen LogP contribution in [0.15, 0.2) is 24.3 Å². The molecule has 0 fully saturated rings. The molecule has 0 aromatic heterocycles. The predicted molar refractivity (Wildman–Crippen MR) is 90.1 cm³/mol. The number of nitrogens with one attached hydrogen (secondary N) is 2. The predicted octanol–water partition coefficient (Wildman–Crippen LogP) is 4.06. The Hall–Kier alpha value is -1.22. The summed E-state index contributed by atoms with van der Waals surface area (Å²) >= 11 is 0. The summed E-state index contributed by atoms with van der Waals surface area (Å²) in [6.07, 6.45) is 5.48. The first-order chi connectivity index (χ1) is 10.1. The van der Waals surface area contributed by atoms with Crippen LogP contribution in [0.2, 0.25) is 0 Å². The summed E-state index contributed by atoms with van der Waals surface area (Å²) < 4.78 is 6.02. The van der Waals surface area contributed by atoms with Gasteiger partial charge in [-0.1, -0.05) is 52.2 Å². The summed E-state index contributed by atoms with van der Waals surface area (Å²) in [5.74, 6) is 0.970. The van der Waals surface area contributed by atoms with E-state index in [2.05, 4.69) is 37.5 Å². The van der Waals surface area contributed by atoms with Gasteiger partial charge < -0.3 is 15.4 Å². The average Bonchev–Trinajstić information content (AvgIpc) is 2.47. The van der Waals surface area contributed by atoms with Gasteiger partial charge in [-0.3, -0.25) is 0 Å². The molecule has 1 unspecified atom stereocenters. The number of anilines is 1. The Morgan fingerprint density at radius 2 is 2.10 bits per heavy atom. The zero-order chi connectivity index (χ0) is 15.1. The monoisotopic (exact) mass is 290 g/mol. The minimum atomic E-state index is 0.214. The molecule has 0 aliphatic carbocycles. The quantitative estimate of drug-likeness (QED) is 0.708. The van der Waals surface area contributed by atoms with Crippen molar-refractivity contribution in [3.8, 4) is 5.75 Å². The number of hydrogen-bond acceptors (Lipinski definition) is 3. The third kappa shape index (κ3) is 5.24. The second-order valence-corrected chi connectivity index (χ2v) is 6.87. The first-order valence-electron chi connectivity index (χ1n) is 8.31. The average molecular weight is 290 g/mol. The fourth-order valence-corrected chi connectivity index (χ4v) is 2.79. The molecule has 0 saturated heterocycles. The van der Waals surface area contributed by atoms with Crippen molar-refractivity contribution in [3.63, 3.8) is 0 Å². The van der Waals surface area contributed by atoms with Gasteiger partial charge in [0.2, 0.25) is 0 Å². The summed E-state index contributed by atoms with van der Waals surface area (Å²) in [7, 11) is 0. The Balaban J connectivity index is 1.70. The number of unbranched alkanes of at least 4 members (excludes halogenated alkanes) is 2. The van der Waals surface area contributed by atoms with Crippen LogP contribution in [0.4, 0.5) is 5.69 Å². The first kappa shape index (κ1) is 16.2. The highest BCUT2D eigenvalue weighted by Crippen LogP contribution is 2.28. The zero-order valence-corrected chi connectivity index (χ0v) is 13.7. The van der Waals surface area contributed by atoms with Crippen LogP contribution in [0.25, 0.3) is 0 Å². The summed E-state index contributed by atoms with van der Waals surface area (Å²) in [4.78, 5) is 0. The van der Waals surface area contributed by atoms with Gasteiger partial charge in [0.15, 0.2) is 0 Å². The smallest absolute Gasteiger partial charge is 0.142 e. The molecule has 0 amide bonds. The molecule has 21 heavy (non-hydrogen) atoms. The molecule has 1 aromatic carbocycles. The molecule has 2 rings (SSSR count). The summed E-state index contributed by atoms with van der Waals surface area (Å²) in [6, 6.07) is 8.15. The van der Waals surface area contributed by atoms with E-state index in [1.807, 2.05) is 18.2 Å². The lowest BCUT2D eigenvalue weighted by atomic mass is 9.87. The van der Waals surface area contributed by atoms with Gasteiger partial charge in [0, 0.05) is 13.1 Å². The minimum absolute atomic E-state index is 0.214. The lowest BCUT2D eigenvalue weighted by molar-refractivity contribution is 0.192. The Kier molecular flexibility index (Phi) is 5.92. The molecule has 0 saturated carbocycles. The molecule has 1 atom stereocenters. The van der Waals surface area contributed by atoms with Crippen molar-refractivity contribution >= 4 is 5.69 Å². The molecule has 3 heteroatoms. The van der Waals surface area contributed by atoms with Crippen LogP contribution >= 0.6 is 0 Å². The molecule has 0 bridgehead atoms. The largest absolute Gasteiger partial charge is 0.485 e. The van der Waals surface area contributed by atoms with Crippen molar-refractivity contribution in [1.29, 1.82) is 0 Å². The maximum absolute atomic E-state index is 6.02. The van der Waals surface area contributed by atoms with E-state index >= 15 is 0 Å². The molecule has 0 radical (unpaired) electrons. The molecule has 118 valence electrons. The summed E-state index contributed by atoms with van der Waals surface area (Å²) in [5.41, 5.74) is 1.48. The van der Waals surface area contributed by atoms with Gasteiger partial charge in [0.25, 0.3) is 0 Å². The van der Waals surface area contributed by atoms with Gasteiger partial charge in [-0.25, -0.2) is 0 Å². The van der Waals surface area contributed by atoms with Crippen LogP contribution in [0.3, 0.4) is 0 Å². The van der Waals surface area contributed by atoms with Crippen LogP contribution in [0.1, 0.15) is 46.5 Å². The lowest BCUT2D eigenvalue weighted by Crippen LogP contribution is -2.42. The number of para-hydroxylation sites is 2. The number of ether oxygens (including phenoxy) is 1. The third-order valence-corrected chi connectivity index (χ3v) is 4.13. The van der Waals surface area contributed by atoms with E-state index in [0.29, 0.717) is 5.41 Å². The van der Waals surface area contributed by atoms with E-state index in [0.717, 1.165) is 31.1 Å². The maximum Gasteiger partial charge on any atom is 0.142 e. The molecule has 1 aliphatic rings. The van der Waals surface area contributed by atoms with E-state index < -0.39 is 0 Å². The van der Waals surface area contributed by atoms with E-state index in [1.165, 1.54) is 25.7 Å². The normalized spacial score (nSPS) is 17.8.